The van der Waals surface area contributed by atoms with Crippen molar-refractivity contribution in [2.24, 2.45) is 5.73 Å². The SMILES string of the molecule is CN(CCC(N)=S)C(=O)CCOCc1ccc(Cl)cc1. The first kappa shape index (κ1) is 16.9. The Kier molecular flexibility index (Phi) is 7.51. The van der Waals surface area contributed by atoms with Gasteiger partial charge in [0.05, 0.1) is 24.6 Å². The summed E-state index contributed by atoms with van der Waals surface area (Å²) in [5.41, 5.74) is 6.43. The molecule has 6 heteroatoms. The van der Waals surface area contributed by atoms with E-state index in [1.165, 1.54) is 0 Å². The van der Waals surface area contributed by atoms with Gasteiger partial charge in [0.25, 0.3) is 0 Å². The van der Waals surface area contributed by atoms with Crippen LogP contribution in [-0.2, 0) is 16.1 Å². The van der Waals surface area contributed by atoms with Crippen molar-refractivity contribution >= 4 is 34.7 Å². The molecule has 0 heterocycles. The molecule has 0 fully saturated rings. The van der Waals surface area contributed by atoms with E-state index in [1.54, 1.807) is 11.9 Å². The lowest BCUT2D eigenvalue weighted by molar-refractivity contribution is -0.131. The number of hydrogen-bond donors (Lipinski definition) is 1. The number of halogens is 1. The third-order valence-corrected chi connectivity index (χ3v) is 3.22. The van der Waals surface area contributed by atoms with Gasteiger partial charge in [-0.15, -0.1) is 0 Å². The Bertz CT molecular complexity index is 451. The van der Waals surface area contributed by atoms with Crippen LogP contribution in [0.5, 0.6) is 0 Å². The number of rotatable bonds is 8. The zero-order valence-corrected chi connectivity index (χ0v) is 13.0. The number of carbonyl (C=O) groups is 1. The van der Waals surface area contributed by atoms with E-state index in [-0.39, 0.29) is 5.91 Å². The molecule has 0 atom stereocenters. The van der Waals surface area contributed by atoms with Crippen LogP contribution in [0.4, 0.5) is 0 Å². The van der Waals surface area contributed by atoms with Gasteiger partial charge in [0.2, 0.25) is 5.91 Å². The van der Waals surface area contributed by atoms with Gasteiger partial charge >= 0.3 is 0 Å². The average Bonchev–Trinajstić information content (AvgIpc) is 2.42. The van der Waals surface area contributed by atoms with Crippen LogP contribution in [0.2, 0.25) is 5.02 Å². The highest BCUT2D eigenvalue weighted by Crippen LogP contribution is 2.10. The molecule has 0 aliphatic carbocycles. The van der Waals surface area contributed by atoms with Gasteiger partial charge in [-0.25, -0.2) is 0 Å². The number of benzene rings is 1. The monoisotopic (exact) mass is 314 g/mol. The Morgan fingerprint density at radius 3 is 2.60 bits per heavy atom. The highest BCUT2D eigenvalue weighted by molar-refractivity contribution is 7.80. The number of hydrogen-bond acceptors (Lipinski definition) is 3. The molecule has 110 valence electrons. The van der Waals surface area contributed by atoms with Crippen molar-refractivity contribution in [1.82, 2.24) is 4.90 Å². The van der Waals surface area contributed by atoms with Gasteiger partial charge in [0, 0.05) is 25.0 Å². The van der Waals surface area contributed by atoms with Crippen LogP contribution >= 0.6 is 23.8 Å². The van der Waals surface area contributed by atoms with Crippen LogP contribution in [0.15, 0.2) is 24.3 Å². The fourth-order valence-corrected chi connectivity index (χ4v) is 1.74. The summed E-state index contributed by atoms with van der Waals surface area (Å²) in [5, 5.41) is 0.698. The second-order valence-corrected chi connectivity index (χ2v) is 5.42. The predicted molar refractivity (Wildman–Crippen MR) is 84.8 cm³/mol. The maximum atomic E-state index is 11.8. The molecule has 20 heavy (non-hydrogen) atoms. The molecule has 0 radical (unpaired) electrons. The van der Waals surface area contributed by atoms with E-state index in [9.17, 15) is 4.79 Å². The molecule has 1 amide bonds. The maximum absolute atomic E-state index is 11.8. The van der Waals surface area contributed by atoms with E-state index < -0.39 is 0 Å². The summed E-state index contributed by atoms with van der Waals surface area (Å²) in [5.74, 6) is 0.0253. The Balaban J connectivity index is 2.18. The Morgan fingerprint density at radius 1 is 1.35 bits per heavy atom. The molecule has 0 unspecified atom stereocenters. The summed E-state index contributed by atoms with van der Waals surface area (Å²) in [7, 11) is 1.74. The molecule has 1 aromatic rings. The molecule has 0 saturated heterocycles. The van der Waals surface area contributed by atoms with Crippen molar-refractivity contribution in [3.05, 3.63) is 34.9 Å². The summed E-state index contributed by atoms with van der Waals surface area (Å²) in [6.45, 7) is 1.41. The topological polar surface area (TPSA) is 55.6 Å². The summed E-state index contributed by atoms with van der Waals surface area (Å²) in [4.78, 5) is 13.8. The zero-order valence-electron chi connectivity index (χ0n) is 11.5. The van der Waals surface area contributed by atoms with Crippen molar-refractivity contribution in [1.29, 1.82) is 0 Å². The van der Waals surface area contributed by atoms with Gasteiger partial charge < -0.3 is 15.4 Å². The number of carbonyl (C=O) groups excluding carboxylic acids is 1. The first-order valence-electron chi connectivity index (χ1n) is 6.33. The first-order chi connectivity index (χ1) is 9.49. The second-order valence-electron chi connectivity index (χ2n) is 4.46. The van der Waals surface area contributed by atoms with E-state index in [2.05, 4.69) is 0 Å². The number of nitrogens with two attached hydrogens (primary N) is 1. The normalized spacial score (nSPS) is 10.3. The van der Waals surface area contributed by atoms with Crippen molar-refractivity contribution in [2.75, 3.05) is 20.2 Å². The third kappa shape index (κ3) is 6.84. The Morgan fingerprint density at radius 2 is 2.00 bits per heavy atom. The van der Waals surface area contributed by atoms with Crippen LogP contribution in [0.3, 0.4) is 0 Å². The smallest absolute Gasteiger partial charge is 0.224 e. The minimum absolute atomic E-state index is 0.0253. The number of nitrogens with zero attached hydrogens (tertiary/aromatic N) is 1. The van der Waals surface area contributed by atoms with Crippen LogP contribution in [0.25, 0.3) is 0 Å². The molecule has 0 aromatic heterocycles. The first-order valence-corrected chi connectivity index (χ1v) is 7.12. The minimum Gasteiger partial charge on any atom is -0.393 e. The second kappa shape index (κ2) is 8.89. The van der Waals surface area contributed by atoms with E-state index in [1.807, 2.05) is 24.3 Å². The number of amides is 1. The molecular formula is C14H19ClN2O2S. The largest absolute Gasteiger partial charge is 0.393 e. The third-order valence-electron chi connectivity index (χ3n) is 2.76. The van der Waals surface area contributed by atoms with Gasteiger partial charge in [0.1, 0.15) is 0 Å². The lowest BCUT2D eigenvalue weighted by Gasteiger charge is -2.16. The fourth-order valence-electron chi connectivity index (χ4n) is 1.52. The van der Waals surface area contributed by atoms with Gasteiger partial charge in [-0.05, 0) is 17.7 Å². The van der Waals surface area contributed by atoms with E-state index in [0.717, 1.165) is 5.56 Å². The average molecular weight is 315 g/mol. The molecule has 1 aromatic carbocycles. The molecule has 0 saturated carbocycles. The summed E-state index contributed by atoms with van der Waals surface area (Å²) in [6.07, 6.45) is 0.893. The highest BCUT2D eigenvalue weighted by atomic mass is 35.5. The van der Waals surface area contributed by atoms with Crippen LogP contribution < -0.4 is 5.73 Å². The molecular weight excluding hydrogens is 296 g/mol. The lowest BCUT2D eigenvalue weighted by atomic mass is 10.2. The van der Waals surface area contributed by atoms with Gasteiger partial charge in [-0.1, -0.05) is 36.0 Å². The van der Waals surface area contributed by atoms with Crippen molar-refractivity contribution in [3.63, 3.8) is 0 Å². The van der Waals surface area contributed by atoms with Crippen LogP contribution in [-0.4, -0.2) is 36.0 Å². The Labute approximate surface area is 129 Å². The van der Waals surface area contributed by atoms with E-state index in [4.69, 9.17) is 34.3 Å². The van der Waals surface area contributed by atoms with Gasteiger partial charge in [-0.2, -0.15) is 0 Å². The summed E-state index contributed by atoms with van der Waals surface area (Å²) >= 11 is 10.6. The van der Waals surface area contributed by atoms with Crippen LogP contribution in [0.1, 0.15) is 18.4 Å². The minimum atomic E-state index is 0.0253. The van der Waals surface area contributed by atoms with Crippen molar-refractivity contribution in [3.8, 4) is 0 Å². The molecule has 2 N–H and O–H groups in total. The molecule has 0 aliphatic rings. The maximum Gasteiger partial charge on any atom is 0.224 e. The molecule has 0 aliphatic heterocycles. The standard InChI is InChI=1S/C14H19ClN2O2S/c1-17(8-6-13(16)20)14(18)7-9-19-10-11-2-4-12(15)5-3-11/h2-5H,6-10H2,1H3,(H2,16,20). The Hall–Kier alpha value is -1.17. The van der Waals surface area contributed by atoms with Gasteiger partial charge in [0.15, 0.2) is 0 Å². The molecule has 0 spiro atoms. The predicted octanol–water partition coefficient (Wildman–Crippen LogP) is 2.38. The highest BCUT2D eigenvalue weighted by Gasteiger charge is 2.08. The zero-order chi connectivity index (χ0) is 15.0. The fraction of sp³-hybridized carbons (Fsp3) is 0.429. The lowest BCUT2D eigenvalue weighted by Crippen LogP contribution is -2.30. The van der Waals surface area contributed by atoms with Gasteiger partial charge in [-0.3, -0.25) is 4.79 Å². The van der Waals surface area contributed by atoms with E-state index >= 15 is 0 Å². The molecule has 4 nitrogen and oxygen atoms in total. The molecule has 1 rings (SSSR count). The van der Waals surface area contributed by atoms with Crippen molar-refractivity contribution in [2.45, 2.75) is 19.4 Å². The quantitative estimate of drug-likeness (QED) is 0.591. The van der Waals surface area contributed by atoms with Crippen LogP contribution in [0, 0.1) is 0 Å². The van der Waals surface area contributed by atoms with Crippen molar-refractivity contribution < 1.29 is 9.53 Å². The number of thiocarbonyl (C=S) groups is 1. The molecule has 0 bridgehead atoms. The summed E-state index contributed by atoms with van der Waals surface area (Å²) in [6, 6.07) is 7.43. The number of ether oxygens (including phenoxy) is 1. The van der Waals surface area contributed by atoms with E-state index in [0.29, 0.717) is 42.6 Å². The summed E-state index contributed by atoms with van der Waals surface area (Å²) < 4.78 is 5.46.